The first-order valence-electron chi connectivity index (χ1n) is 7.68. The standard InChI is InChI=1S/C18H19Br2N3O3/c1-11-6-14(19)18(15(20)7-11)21-10-17(24)23-22-9-12-4-5-13(25-2)8-16(12)26-3/h4-9,21H,10H2,1-3H3,(H,23,24)/b22-9+. The van der Waals surface area contributed by atoms with E-state index in [-0.39, 0.29) is 12.5 Å². The first-order chi connectivity index (χ1) is 12.4. The van der Waals surface area contributed by atoms with Gasteiger partial charge in [0.1, 0.15) is 11.5 Å². The Morgan fingerprint density at radius 1 is 1.15 bits per heavy atom. The number of aryl methyl sites for hydroxylation is 1. The molecule has 0 aromatic heterocycles. The van der Waals surface area contributed by atoms with Crippen LogP contribution in [0.25, 0.3) is 0 Å². The SMILES string of the molecule is COc1ccc(/C=N/NC(=O)CNc2c(Br)cc(C)cc2Br)c(OC)c1. The molecule has 0 heterocycles. The molecule has 2 aromatic rings. The molecule has 138 valence electrons. The van der Waals surface area contributed by atoms with Gasteiger partial charge in [-0.3, -0.25) is 4.79 Å². The second kappa shape index (κ2) is 9.59. The number of nitrogens with zero attached hydrogens (tertiary/aromatic N) is 1. The Morgan fingerprint density at radius 2 is 1.85 bits per heavy atom. The normalized spacial score (nSPS) is 10.7. The minimum Gasteiger partial charge on any atom is -0.497 e. The van der Waals surface area contributed by atoms with Crippen LogP contribution in [-0.4, -0.2) is 32.9 Å². The number of rotatable bonds is 7. The van der Waals surface area contributed by atoms with Crippen LogP contribution in [-0.2, 0) is 4.79 Å². The maximum atomic E-state index is 12.0. The number of benzene rings is 2. The lowest BCUT2D eigenvalue weighted by atomic mass is 10.2. The van der Waals surface area contributed by atoms with Gasteiger partial charge in [-0.1, -0.05) is 0 Å². The second-order valence-corrected chi connectivity index (χ2v) is 7.07. The van der Waals surface area contributed by atoms with E-state index in [2.05, 4.69) is 47.7 Å². The predicted molar refractivity (Wildman–Crippen MR) is 110 cm³/mol. The summed E-state index contributed by atoms with van der Waals surface area (Å²) in [6, 6.07) is 9.28. The van der Waals surface area contributed by atoms with Crippen molar-refractivity contribution in [3.63, 3.8) is 0 Å². The molecular weight excluding hydrogens is 466 g/mol. The molecule has 0 atom stereocenters. The summed E-state index contributed by atoms with van der Waals surface area (Å²) < 4.78 is 12.2. The molecule has 0 fully saturated rings. The van der Waals surface area contributed by atoms with Crippen LogP contribution in [0, 0.1) is 6.92 Å². The van der Waals surface area contributed by atoms with Gasteiger partial charge >= 0.3 is 0 Å². The third-order valence-electron chi connectivity index (χ3n) is 3.45. The molecular formula is C18H19Br2N3O3. The zero-order valence-corrected chi connectivity index (χ0v) is 17.8. The molecule has 0 bridgehead atoms. The summed E-state index contributed by atoms with van der Waals surface area (Å²) in [6.07, 6.45) is 1.52. The van der Waals surface area contributed by atoms with Gasteiger partial charge in [-0.05, 0) is 68.6 Å². The molecule has 0 radical (unpaired) electrons. The van der Waals surface area contributed by atoms with Crippen molar-refractivity contribution < 1.29 is 14.3 Å². The van der Waals surface area contributed by atoms with Crippen LogP contribution in [0.4, 0.5) is 5.69 Å². The molecule has 26 heavy (non-hydrogen) atoms. The second-order valence-electron chi connectivity index (χ2n) is 5.36. The number of ether oxygens (including phenoxy) is 2. The van der Waals surface area contributed by atoms with Gasteiger partial charge in [0.25, 0.3) is 5.91 Å². The maximum absolute atomic E-state index is 12.0. The van der Waals surface area contributed by atoms with Crippen LogP contribution < -0.4 is 20.2 Å². The number of halogens is 2. The Bertz CT molecular complexity index is 802. The lowest BCUT2D eigenvalue weighted by Crippen LogP contribution is -2.26. The predicted octanol–water partition coefficient (Wildman–Crippen LogP) is 4.10. The smallest absolute Gasteiger partial charge is 0.259 e. The van der Waals surface area contributed by atoms with Crippen molar-refractivity contribution in [3.05, 3.63) is 50.4 Å². The molecule has 2 aromatic carbocycles. The Hall–Kier alpha value is -2.06. The van der Waals surface area contributed by atoms with E-state index < -0.39 is 0 Å². The summed E-state index contributed by atoms with van der Waals surface area (Å²) >= 11 is 6.96. The van der Waals surface area contributed by atoms with Crippen LogP contribution >= 0.6 is 31.9 Å². The van der Waals surface area contributed by atoms with Crippen molar-refractivity contribution in [2.75, 3.05) is 26.1 Å². The van der Waals surface area contributed by atoms with Crippen LogP contribution in [0.3, 0.4) is 0 Å². The van der Waals surface area contributed by atoms with Crippen LogP contribution in [0.5, 0.6) is 11.5 Å². The first kappa shape index (κ1) is 20.3. The van der Waals surface area contributed by atoms with Crippen molar-refractivity contribution in [2.45, 2.75) is 6.92 Å². The third kappa shape index (κ3) is 5.47. The number of amides is 1. The first-order valence-corrected chi connectivity index (χ1v) is 9.26. The van der Waals surface area contributed by atoms with Gasteiger partial charge in [-0.2, -0.15) is 5.10 Å². The summed E-state index contributed by atoms with van der Waals surface area (Å²) in [4.78, 5) is 12.0. The summed E-state index contributed by atoms with van der Waals surface area (Å²) in [5, 5.41) is 7.04. The largest absolute Gasteiger partial charge is 0.497 e. The Balaban J connectivity index is 1.94. The van der Waals surface area contributed by atoms with Crippen molar-refractivity contribution in [3.8, 4) is 11.5 Å². The average Bonchev–Trinajstić information content (AvgIpc) is 2.61. The van der Waals surface area contributed by atoms with E-state index in [9.17, 15) is 4.79 Å². The number of hydrogen-bond acceptors (Lipinski definition) is 5. The van der Waals surface area contributed by atoms with E-state index in [1.165, 1.54) is 6.21 Å². The highest BCUT2D eigenvalue weighted by molar-refractivity contribution is 9.11. The Morgan fingerprint density at radius 3 is 2.46 bits per heavy atom. The van der Waals surface area contributed by atoms with E-state index in [0.29, 0.717) is 11.5 Å². The molecule has 2 N–H and O–H groups in total. The quantitative estimate of drug-likeness (QED) is 0.458. The van der Waals surface area contributed by atoms with E-state index in [0.717, 1.165) is 25.8 Å². The third-order valence-corrected chi connectivity index (χ3v) is 4.70. The van der Waals surface area contributed by atoms with E-state index in [4.69, 9.17) is 9.47 Å². The number of hydrazone groups is 1. The van der Waals surface area contributed by atoms with Gasteiger partial charge in [-0.15, -0.1) is 0 Å². The highest BCUT2D eigenvalue weighted by Crippen LogP contribution is 2.32. The van der Waals surface area contributed by atoms with Crippen molar-refractivity contribution in [1.82, 2.24) is 5.43 Å². The van der Waals surface area contributed by atoms with Gasteiger partial charge in [0, 0.05) is 20.6 Å². The minimum absolute atomic E-state index is 0.0807. The molecule has 2 rings (SSSR count). The zero-order valence-electron chi connectivity index (χ0n) is 14.6. The Kier molecular flexibility index (Phi) is 7.47. The van der Waals surface area contributed by atoms with Gasteiger partial charge in [0.05, 0.1) is 32.7 Å². The van der Waals surface area contributed by atoms with Crippen molar-refractivity contribution >= 4 is 49.7 Å². The number of carbonyl (C=O) groups is 1. The highest BCUT2D eigenvalue weighted by atomic mass is 79.9. The number of nitrogens with one attached hydrogen (secondary N) is 2. The van der Waals surface area contributed by atoms with E-state index >= 15 is 0 Å². The lowest BCUT2D eigenvalue weighted by Gasteiger charge is -2.11. The Labute approximate surface area is 169 Å². The van der Waals surface area contributed by atoms with Crippen LogP contribution in [0.2, 0.25) is 0 Å². The molecule has 0 unspecified atom stereocenters. The van der Waals surface area contributed by atoms with Crippen LogP contribution in [0.15, 0.2) is 44.4 Å². The fourth-order valence-electron chi connectivity index (χ4n) is 2.18. The molecule has 0 aliphatic heterocycles. The van der Waals surface area contributed by atoms with E-state index in [1.807, 2.05) is 19.1 Å². The summed E-state index contributed by atoms with van der Waals surface area (Å²) in [5.74, 6) is 1.02. The lowest BCUT2D eigenvalue weighted by molar-refractivity contribution is -0.119. The molecule has 0 saturated heterocycles. The maximum Gasteiger partial charge on any atom is 0.259 e. The molecule has 0 spiro atoms. The fourth-order valence-corrected chi connectivity index (χ4v) is 3.87. The van der Waals surface area contributed by atoms with E-state index in [1.54, 1.807) is 32.4 Å². The number of anilines is 1. The summed E-state index contributed by atoms with van der Waals surface area (Å²) in [7, 11) is 3.15. The topological polar surface area (TPSA) is 72.0 Å². The molecule has 6 nitrogen and oxygen atoms in total. The zero-order chi connectivity index (χ0) is 19.1. The van der Waals surface area contributed by atoms with Gasteiger partial charge < -0.3 is 14.8 Å². The molecule has 0 aliphatic rings. The van der Waals surface area contributed by atoms with Gasteiger partial charge in [-0.25, -0.2) is 5.43 Å². The van der Waals surface area contributed by atoms with Crippen LogP contribution in [0.1, 0.15) is 11.1 Å². The molecule has 0 saturated carbocycles. The molecule has 0 aliphatic carbocycles. The molecule has 1 amide bonds. The van der Waals surface area contributed by atoms with Gasteiger partial charge in [0.15, 0.2) is 0 Å². The average molecular weight is 485 g/mol. The summed E-state index contributed by atoms with van der Waals surface area (Å²) in [6.45, 7) is 2.07. The number of carbonyl (C=O) groups excluding carboxylic acids is 1. The molecule has 8 heteroatoms. The number of hydrogen-bond donors (Lipinski definition) is 2. The summed E-state index contributed by atoms with van der Waals surface area (Å²) in [5.41, 5.74) is 5.13. The highest BCUT2D eigenvalue weighted by Gasteiger charge is 2.08. The van der Waals surface area contributed by atoms with Crippen molar-refractivity contribution in [1.29, 1.82) is 0 Å². The minimum atomic E-state index is -0.270. The van der Waals surface area contributed by atoms with Gasteiger partial charge in [0.2, 0.25) is 0 Å². The van der Waals surface area contributed by atoms with Crippen molar-refractivity contribution in [2.24, 2.45) is 5.10 Å². The monoisotopic (exact) mass is 483 g/mol. The number of methoxy groups -OCH3 is 2. The fraction of sp³-hybridized carbons (Fsp3) is 0.222.